The van der Waals surface area contributed by atoms with Gasteiger partial charge in [-0.05, 0) is 73.2 Å². The number of aryl methyl sites for hydroxylation is 2. The molecule has 0 amide bonds. The van der Waals surface area contributed by atoms with E-state index in [0.717, 1.165) is 34.4 Å². The highest BCUT2D eigenvalue weighted by molar-refractivity contribution is 7.92. The van der Waals surface area contributed by atoms with Gasteiger partial charge in [-0.3, -0.25) is 14.8 Å². The number of nitro benzene ring substituents is 1. The largest absolute Gasteiger partial charge is 0.378 e. The minimum atomic E-state index is -3.79. The van der Waals surface area contributed by atoms with Crippen LogP contribution in [0.25, 0.3) is 0 Å². The molecular formula is C26H24ClN3O4S. The molecule has 7 nitrogen and oxygen atoms in total. The summed E-state index contributed by atoms with van der Waals surface area (Å²) in [4.78, 5) is 11.1. The van der Waals surface area contributed by atoms with Gasteiger partial charge in [0.25, 0.3) is 15.7 Å². The second kappa shape index (κ2) is 8.70. The molecule has 3 unspecified atom stereocenters. The Labute approximate surface area is 209 Å². The molecule has 5 rings (SSSR count). The lowest BCUT2D eigenvalue weighted by atomic mass is 9.77. The Morgan fingerprint density at radius 1 is 1.09 bits per heavy atom. The van der Waals surface area contributed by atoms with Crippen LogP contribution in [-0.4, -0.2) is 13.3 Å². The van der Waals surface area contributed by atoms with Gasteiger partial charge in [-0.25, -0.2) is 8.42 Å². The number of nitrogens with zero attached hydrogens (tertiary/aromatic N) is 1. The van der Waals surface area contributed by atoms with Crippen molar-refractivity contribution in [3.05, 3.63) is 104 Å². The lowest BCUT2D eigenvalue weighted by molar-refractivity contribution is -0.384. The molecule has 1 heterocycles. The summed E-state index contributed by atoms with van der Waals surface area (Å²) in [6.07, 6.45) is 4.95. The molecule has 180 valence electrons. The number of fused-ring (bicyclic) bond motifs is 3. The van der Waals surface area contributed by atoms with Crippen molar-refractivity contribution in [2.75, 3.05) is 10.0 Å². The molecule has 2 N–H and O–H groups in total. The maximum atomic E-state index is 13.2. The van der Waals surface area contributed by atoms with Gasteiger partial charge in [-0.15, -0.1) is 0 Å². The van der Waals surface area contributed by atoms with E-state index in [9.17, 15) is 18.5 Å². The number of nitrogens with one attached hydrogen (secondary N) is 2. The number of hydrogen-bond donors (Lipinski definition) is 2. The van der Waals surface area contributed by atoms with E-state index in [4.69, 9.17) is 11.6 Å². The van der Waals surface area contributed by atoms with E-state index in [1.54, 1.807) is 36.4 Å². The summed E-state index contributed by atoms with van der Waals surface area (Å²) < 4.78 is 29.1. The minimum Gasteiger partial charge on any atom is -0.378 e. The highest BCUT2D eigenvalue weighted by Gasteiger charge is 2.39. The van der Waals surface area contributed by atoms with Crippen molar-refractivity contribution in [3.63, 3.8) is 0 Å². The number of allylic oxidation sites excluding steroid dienone is 2. The molecule has 9 heteroatoms. The minimum absolute atomic E-state index is 0.0118. The third-order valence-corrected chi connectivity index (χ3v) is 8.48. The van der Waals surface area contributed by atoms with Gasteiger partial charge in [0.2, 0.25) is 0 Å². The number of hydrogen-bond acceptors (Lipinski definition) is 5. The predicted molar refractivity (Wildman–Crippen MR) is 138 cm³/mol. The van der Waals surface area contributed by atoms with Crippen LogP contribution in [0.3, 0.4) is 0 Å². The van der Waals surface area contributed by atoms with Crippen LogP contribution in [-0.2, 0) is 10.0 Å². The Balaban J connectivity index is 1.49. The van der Waals surface area contributed by atoms with E-state index in [1.807, 2.05) is 26.0 Å². The van der Waals surface area contributed by atoms with E-state index >= 15 is 0 Å². The fourth-order valence-corrected chi connectivity index (χ4v) is 6.42. The topological polar surface area (TPSA) is 101 Å². The van der Waals surface area contributed by atoms with Crippen molar-refractivity contribution in [1.82, 2.24) is 0 Å². The van der Waals surface area contributed by atoms with Gasteiger partial charge in [0.15, 0.2) is 0 Å². The van der Waals surface area contributed by atoms with Crippen LogP contribution < -0.4 is 10.0 Å². The van der Waals surface area contributed by atoms with Crippen LogP contribution in [0.1, 0.15) is 40.6 Å². The zero-order valence-corrected chi connectivity index (χ0v) is 20.7. The van der Waals surface area contributed by atoms with Crippen molar-refractivity contribution in [1.29, 1.82) is 0 Å². The Hall–Kier alpha value is -3.36. The summed E-state index contributed by atoms with van der Waals surface area (Å²) in [6.45, 7) is 3.83. The van der Waals surface area contributed by atoms with Crippen LogP contribution >= 0.6 is 11.6 Å². The molecule has 0 saturated heterocycles. The standard InChI is InChI=1S/C26H24ClN3O4S/c1-15-6-10-23(16(2)12-15)29-35(33,34)18-8-11-24-21(14-18)19-4-3-5-20(19)26(28-24)17-7-9-22(27)25(13-17)30(31)32/h3-4,6-14,19-20,26,28-29H,5H2,1-2H3. The molecule has 3 aromatic rings. The molecule has 2 aliphatic rings. The Morgan fingerprint density at radius 2 is 1.89 bits per heavy atom. The Kier molecular flexibility index (Phi) is 5.81. The molecule has 0 fully saturated rings. The predicted octanol–water partition coefficient (Wildman–Crippen LogP) is 6.49. The molecular weight excluding hydrogens is 486 g/mol. The van der Waals surface area contributed by atoms with Gasteiger partial charge in [0.05, 0.1) is 21.5 Å². The smallest absolute Gasteiger partial charge is 0.288 e. The first kappa shape index (κ1) is 23.4. The molecule has 0 radical (unpaired) electrons. The zero-order chi connectivity index (χ0) is 24.9. The summed E-state index contributed by atoms with van der Waals surface area (Å²) in [6, 6.07) is 15.4. The average Bonchev–Trinajstić information content (AvgIpc) is 3.30. The number of nitro groups is 1. The van der Waals surface area contributed by atoms with Crippen LogP contribution in [0.4, 0.5) is 17.1 Å². The number of benzene rings is 3. The molecule has 0 bridgehead atoms. The monoisotopic (exact) mass is 509 g/mol. The van der Waals surface area contributed by atoms with E-state index in [-0.39, 0.29) is 33.5 Å². The van der Waals surface area contributed by atoms with Crippen molar-refractivity contribution in [2.24, 2.45) is 5.92 Å². The van der Waals surface area contributed by atoms with Gasteiger partial charge in [-0.1, -0.05) is 47.5 Å². The Bertz CT molecular complexity index is 1490. The second-order valence-electron chi connectivity index (χ2n) is 9.12. The summed E-state index contributed by atoms with van der Waals surface area (Å²) in [5.74, 6) is 0.0794. The van der Waals surface area contributed by atoms with Crippen molar-refractivity contribution in [2.45, 2.75) is 37.1 Å². The van der Waals surface area contributed by atoms with Gasteiger partial charge in [-0.2, -0.15) is 0 Å². The Morgan fingerprint density at radius 3 is 2.63 bits per heavy atom. The summed E-state index contributed by atoms with van der Waals surface area (Å²) in [5, 5.41) is 15.0. The van der Waals surface area contributed by atoms with Crippen molar-refractivity contribution in [3.8, 4) is 0 Å². The highest BCUT2D eigenvalue weighted by Crippen LogP contribution is 2.50. The van der Waals surface area contributed by atoms with E-state index in [2.05, 4.69) is 22.2 Å². The fraction of sp³-hybridized carbons (Fsp3) is 0.231. The third-order valence-electron chi connectivity index (χ3n) is 6.80. The third kappa shape index (κ3) is 4.28. The first-order chi connectivity index (χ1) is 16.6. The summed E-state index contributed by atoms with van der Waals surface area (Å²) in [7, 11) is -3.79. The van der Waals surface area contributed by atoms with E-state index < -0.39 is 14.9 Å². The van der Waals surface area contributed by atoms with Crippen LogP contribution in [0.5, 0.6) is 0 Å². The molecule has 0 saturated carbocycles. The fourth-order valence-electron chi connectivity index (χ4n) is 5.06. The lowest BCUT2D eigenvalue weighted by Gasteiger charge is -2.37. The average molecular weight is 510 g/mol. The van der Waals surface area contributed by atoms with E-state index in [0.29, 0.717) is 5.69 Å². The normalized spacial score (nSPS) is 20.6. The number of halogens is 1. The number of sulfonamides is 1. The quantitative estimate of drug-likeness (QED) is 0.232. The van der Waals surface area contributed by atoms with Crippen molar-refractivity contribution < 1.29 is 13.3 Å². The molecule has 35 heavy (non-hydrogen) atoms. The van der Waals surface area contributed by atoms with Crippen LogP contribution in [0.2, 0.25) is 5.02 Å². The second-order valence-corrected chi connectivity index (χ2v) is 11.2. The van der Waals surface area contributed by atoms with Gasteiger partial charge < -0.3 is 5.32 Å². The summed E-state index contributed by atoms with van der Waals surface area (Å²) >= 11 is 6.02. The zero-order valence-electron chi connectivity index (χ0n) is 19.2. The number of anilines is 2. The van der Waals surface area contributed by atoms with E-state index in [1.165, 1.54) is 6.07 Å². The lowest BCUT2D eigenvalue weighted by Crippen LogP contribution is -2.29. The van der Waals surface area contributed by atoms with Crippen LogP contribution in [0, 0.1) is 29.9 Å². The SMILES string of the molecule is Cc1ccc(NS(=O)(=O)c2ccc3c(c2)C2C=CCC2C(c2ccc(Cl)c([N+](=O)[O-])c2)N3)c(C)c1. The van der Waals surface area contributed by atoms with Crippen molar-refractivity contribution >= 4 is 38.7 Å². The molecule has 0 aromatic heterocycles. The molecule has 1 aliphatic carbocycles. The maximum absolute atomic E-state index is 13.2. The molecule has 1 aliphatic heterocycles. The first-order valence-corrected chi connectivity index (χ1v) is 13.1. The maximum Gasteiger partial charge on any atom is 0.288 e. The van der Waals surface area contributed by atoms with Gasteiger partial charge >= 0.3 is 0 Å². The number of rotatable bonds is 5. The molecule has 3 aromatic carbocycles. The van der Waals surface area contributed by atoms with Gasteiger partial charge in [0.1, 0.15) is 5.02 Å². The summed E-state index contributed by atoms with van der Waals surface area (Å²) in [5.41, 5.74) is 4.82. The highest BCUT2D eigenvalue weighted by atomic mass is 35.5. The molecule has 3 atom stereocenters. The first-order valence-electron chi connectivity index (χ1n) is 11.2. The van der Waals surface area contributed by atoms with Crippen LogP contribution in [0.15, 0.2) is 71.6 Å². The van der Waals surface area contributed by atoms with Gasteiger partial charge in [0, 0.05) is 17.7 Å². The molecule has 0 spiro atoms.